The highest BCUT2D eigenvalue weighted by atomic mass is 19.1. The van der Waals surface area contributed by atoms with Crippen LogP contribution in [0.3, 0.4) is 0 Å². The summed E-state index contributed by atoms with van der Waals surface area (Å²) in [6.45, 7) is 2.84. The van der Waals surface area contributed by atoms with E-state index in [1.807, 2.05) is 6.92 Å². The van der Waals surface area contributed by atoms with E-state index in [9.17, 15) is 13.6 Å². The molecule has 1 aliphatic rings. The lowest BCUT2D eigenvalue weighted by Crippen LogP contribution is -2.43. The molecular formula is C20H21F2N3O2. The number of amides is 2. The molecule has 0 bridgehead atoms. The van der Waals surface area contributed by atoms with Crippen molar-refractivity contribution < 1.29 is 18.4 Å². The third-order valence-electron chi connectivity index (χ3n) is 4.19. The molecule has 0 saturated heterocycles. The van der Waals surface area contributed by atoms with Crippen LogP contribution in [-0.4, -0.2) is 35.8 Å². The summed E-state index contributed by atoms with van der Waals surface area (Å²) in [4.78, 5) is 19.4. The van der Waals surface area contributed by atoms with Crippen LogP contribution in [0.25, 0.3) is 0 Å². The first-order chi connectivity index (χ1) is 13.0. The summed E-state index contributed by atoms with van der Waals surface area (Å²) in [5.41, 5.74) is 1.99. The molecule has 3 rings (SSSR count). The molecule has 1 atom stereocenters. The van der Waals surface area contributed by atoms with Gasteiger partial charge in [-0.05, 0) is 36.8 Å². The lowest BCUT2D eigenvalue weighted by Gasteiger charge is -2.25. The maximum absolute atomic E-state index is 13.5. The summed E-state index contributed by atoms with van der Waals surface area (Å²) in [6, 6.07) is 12.0. The van der Waals surface area contributed by atoms with E-state index >= 15 is 0 Å². The summed E-state index contributed by atoms with van der Waals surface area (Å²) < 4.78 is 26.9. The van der Waals surface area contributed by atoms with Crippen LogP contribution in [-0.2, 0) is 11.4 Å². The molecule has 0 radical (unpaired) electrons. The molecule has 2 amide bonds. The van der Waals surface area contributed by atoms with Crippen molar-refractivity contribution in [1.29, 1.82) is 0 Å². The standard InChI is InChI=1S/C20H21F2N3O2/c1-2-23-20(26)25(12-14-5-3-7-16(21)9-14)13-18-11-19(24-27-18)15-6-4-8-17(22)10-15/h3-10,18H,2,11-13H2,1H3,(H,23,26)/t18-/m1/s1. The fourth-order valence-electron chi connectivity index (χ4n) is 2.95. The lowest BCUT2D eigenvalue weighted by molar-refractivity contribution is 0.0590. The van der Waals surface area contributed by atoms with E-state index in [1.165, 1.54) is 24.3 Å². The Bertz CT molecular complexity index is 841. The first-order valence-corrected chi connectivity index (χ1v) is 8.81. The molecule has 2 aromatic carbocycles. The Kier molecular flexibility index (Phi) is 6.01. The van der Waals surface area contributed by atoms with Crippen LogP contribution in [0.5, 0.6) is 0 Å². The first-order valence-electron chi connectivity index (χ1n) is 8.81. The Morgan fingerprint density at radius 3 is 2.67 bits per heavy atom. The molecule has 0 aliphatic carbocycles. The van der Waals surface area contributed by atoms with Crippen LogP contribution in [0.2, 0.25) is 0 Å². The number of hydrogen-bond acceptors (Lipinski definition) is 3. The van der Waals surface area contributed by atoms with Crippen LogP contribution in [0.4, 0.5) is 13.6 Å². The Labute approximate surface area is 156 Å². The predicted molar refractivity (Wildman–Crippen MR) is 98.3 cm³/mol. The Hall–Kier alpha value is -2.96. The van der Waals surface area contributed by atoms with E-state index in [0.717, 1.165) is 0 Å². The molecular weight excluding hydrogens is 352 g/mol. The number of hydrogen-bond donors (Lipinski definition) is 1. The van der Waals surface area contributed by atoms with Crippen molar-refractivity contribution in [3.05, 3.63) is 71.3 Å². The van der Waals surface area contributed by atoms with Gasteiger partial charge < -0.3 is 15.1 Å². The van der Waals surface area contributed by atoms with Gasteiger partial charge in [0.2, 0.25) is 0 Å². The van der Waals surface area contributed by atoms with E-state index in [4.69, 9.17) is 4.84 Å². The van der Waals surface area contributed by atoms with Crippen LogP contribution in [0.1, 0.15) is 24.5 Å². The van der Waals surface area contributed by atoms with Crippen molar-refractivity contribution in [2.75, 3.05) is 13.1 Å². The largest absolute Gasteiger partial charge is 0.390 e. The Balaban J connectivity index is 1.67. The number of carbonyl (C=O) groups excluding carboxylic acids is 1. The molecule has 1 heterocycles. The highest BCUT2D eigenvalue weighted by molar-refractivity contribution is 6.01. The molecule has 5 nitrogen and oxygen atoms in total. The minimum Gasteiger partial charge on any atom is -0.390 e. The highest BCUT2D eigenvalue weighted by Crippen LogP contribution is 2.19. The average Bonchev–Trinajstić information content (AvgIpc) is 3.10. The van der Waals surface area contributed by atoms with Gasteiger partial charge in [0.05, 0.1) is 12.3 Å². The maximum atomic E-state index is 13.5. The smallest absolute Gasteiger partial charge is 0.317 e. The minimum absolute atomic E-state index is 0.249. The Morgan fingerprint density at radius 2 is 1.96 bits per heavy atom. The fraction of sp³-hybridized carbons (Fsp3) is 0.300. The van der Waals surface area contributed by atoms with Crippen LogP contribution >= 0.6 is 0 Å². The molecule has 142 valence electrons. The van der Waals surface area contributed by atoms with Crippen LogP contribution in [0.15, 0.2) is 53.7 Å². The van der Waals surface area contributed by atoms with Gasteiger partial charge in [0.1, 0.15) is 11.6 Å². The highest BCUT2D eigenvalue weighted by Gasteiger charge is 2.27. The predicted octanol–water partition coefficient (Wildman–Crippen LogP) is 3.69. The van der Waals surface area contributed by atoms with Gasteiger partial charge in [-0.15, -0.1) is 0 Å². The zero-order valence-electron chi connectivity index (χ0n) is 15.0. The SMILES string of the molecule is CCNC(=O)N(Cc1cccc(F)c1)C[C@H]1CC(c2cccc(F)c2)=NO1. The summed E-state index contributed by atoms with van der Waals surface area (Å²) in [7, 11) is 0. The number of oxime groups is 1. The topological polar surface area (TPSA) is 53.9 Å². The molecule has 0 saturated carbocycles. The molecule has 27 heavy (non-hydrogen) atoms. The second-order valence-electron chi connectivity index (χ2n) is 6.33. The lowest BCUT2D eigenvalue weighted by atomic mass is 10.0. The maximum Gasteiger partial charge on any atom is 0.317 e. The van der Waals surface area contributed by atoms with Gasteiger partial charge in [-0.3, -0.25) is 0 Å². The zero-order valence-corrected chi connectivity index (χ0v) is 15.0. The normalized spacial score (nSPS) is 15.8. The van der Waals surface area contributed by atoms with E-state index in [0.29, 0.717) is 29.8 Å². The third kappa shape index (κ3) is 5.03. The number of carbonyl (C=O) groups is 1. The second kappa shape index (κ2) is 8.62. The molecule has 0 aromatic heterocycles. The van der Waals surface area contributed by atoms with Gasteiger partial charge in [0.25, 0.3) is 0 Å². The van der Waals surface area contributed by atoms with Gasteiger partial charge >= 0.3 is 6.03 Å². The molecule has 0 unspecified atom stereocenters. The van der Waals surface area contributed by atoms with Gasteiger partial charge in [-0.2, -0.15) is 0 Å². The molecule has 7 heteroatoms. The quantitative estimate of drug-likeness (QED) is 0.840. The van der Waals surface area contributed by atoms with Crippen LogP contribution in [0, 0.1) is 11.6 Å². The van der Waals surface area contributed by atoms with Crippen LogP contribution < -0.4 is 5.32 Å². The zero-order chi connectivity index (χ0) is 19.2. The molecule has 0 fully saturated rings. The van der Waals surface area contributed by atoms with Crippen molar-refractivity contribution in [2.45, 2.75) is 26.0 Å². The summed E-state index contributed by atoms with van der Waals surface area (Å²) in [5, 5.41) is 6.80. The number of nitrogens with one attached hydrogen (secondary N) is 1. The van der Waals surface area contributed by atoms with E-state index < -0.39 is 0 Å². The molecule has 2 aromatic rings. The van der Waals surface area contributed by atoms with E-state index in [-0.39, 0.29) is 36.9 Å². The monoisotopic (exact) mass is 373 g/mol. The van der Waals surface area contributed by atoms with Gasteiger partial charge in [-0.1, -0.05) is 29.4 Å². The van der Waals surface area contributed by atoms with Gasteiger partial charge in [-0.25, -0.2) is 13.6 Å². The van der Waals surface area contributed by atoms with E-state index in [1.54, 1.807) is 29.2 Å². The minimum atomic E-state index is -0.350. The number of rotatable bonds is 6. The summed E-state index contributed by atoms with van der Waals surface area (Å²) in [6.07, 6.45) is 0.113. The second-order valence-corrected chi connectivity index (χ2v) is 6.33. The van der Waals surface area contributed by atoms with Crippen molar-refractivity contribution in [3.63, 3.8) is 0 Å². The molecule has 1 aliphatic heterocycles. The Morgan fingerprint density at radius 1 is 1.22 bits per heavy atom. The average molecular weight is 373 g/mol. The van der Waals surface area contributed by atoms with Crippen molar-refractivity contribution in [2.24, 2.45) is 5.16 Å². The number of urea groups is 1. The third-order valence-corrected chi connectivity index (χ3v) is 4.19. The van der Waals surface area contributed by atoms with E-state index in [2.05, 4.69) is 10.5 Å². The van der Waals surface area contributed by atoms with Gasteiger partial charge in [0.15, 0.2) is 6.10 Å². The fourth-order valence-corrected chi connectivity index (χ4v) is 2.95. The van der Waals surface area contributed by atoms with Crippen molar-refractivity contribution >= 4 is 11.7 Å². The summed E-state index contributed by atoms with van der Waals surface area (Å²) in [5.74, 6) is -0.689. The summed E-state index contributed by atoms with van der Waals surface area (Å²) >= 11 is 0. The van der Waals surface area contributed by atoms with Crippen molar-refractivity contribution in [1.82, 2.24) is 10.2 Å². The number of halogens is 2. The van der Waals surface area contributed by atoms with Crippen molar-refractivity contribution in [3.8, 4) is 0 Å². The van der Waals surface area contributed by atoms with Gasteiger partial charge in [0, 0.05) is 25.1 Å². The number of nitrogens with zero attached hydrogens (tertiary/aromatic N) is 2. The first kappa shape index (κ1) is 18.8. The molecule has 1 N–H and O–H groups in total. The number of benzene rings is 2. The molecule has 0 spiro atoms.